The average molecular weight is 181 g/mol. The number of nitrogens with one attached hydrogen (secondary N) is 1. The third kappa shape index (κ3) is 1.46. The van der Waals surface area contributed by atoms with Crippen LogP contribution in [-0.4, -0.2) is 12.0 Å². The third-order valence-corrected chi connectivity index (χ3v) is 2.09. The predicted molar refractivity (Wildman–Crippen MR) is 45.9 cm³/mol. The number of hydrogen-bond donors (Lipinski definition) is 2. The highest BCUT2D eigenvalue weighted by atomic mass is 16.7. The maximum atomic E-state index is 8.71. The van der Waals surface area contributed by atoms with Crippen molar-refractivity contribution in [2.45, 2.75) is 13.0 Å². The summed E-state index contributed by atoms with van der Waals surface area (Å²) in [4.78, 5) is 0. The molecule has 0 fully saturated rings. The van der Waals surface area contributed by atoms with Gasteiger partial charge in [0, 0.05) is 0 Å². The van der Waals surface area contributed by atoms with Gasteiger partial charge in [-0.1, -0.05) is 6.07 Å². The number of rotatable bonds is 2. The smallest absolute Gasteiger partial charge is 0.231 e. The summed E-state index contributed by atoms with van der Waals surface area (Å²) in [6, 6.07) is 5.48. The van der Waals surface area contributed by atoms with Gasteiger partial charge in [0.15, 0.2) is 11.5 Å². The second kappa shape index (κ2) is 3.24. The van der Waals surface area contributed by atoms with Gasteiger partial charge in [0.05, 0.1) is 6.04 Å². The van der Waals surface area contributed by atoms with E-state index in [1.807, 2.05) is 25.1 Å². The molecule has 13 heavy (non-hydrogen) atoms. The van der Waals surface area contributed by atoms with Crippen LogP contribution in [0.25, 0.3) is 0 Å². The minimum atomic E-state index is -0.102. The lowest BCUT2D eigenvalue weighted by Crippen LogP contribution is -2.12. The van der Waals surface area contributed by atoms with Crippen LogP contribution in [-0.2, 0) is 0 Å². The Hall–Kier alpha value is -1.26. The lowest BCUT2D eigenvalue weighted by molar-refractivity contribution is 0.133. The van der Waals surface area contributed by atoms with Gasteiger partial charge in [-0.2, -0.15) is 5.48 Å². The van der Waals surface area contributed by atoms with E-state index in [4.69, 9.17) is 14.7 Å². The first-order valence-electron chi connectivity index (χ1n) is 4.10. The Bertz CT molecular complexity index is 314. The van der Waals surface area contributed by atoms with Crippen molar-refractivity contribution in [3.05, 3.63) is 23.8 Å². The van der Waals surface area contributed by atoms with Gasteiger partial charge in [-0.05, 0) is 24.6 Å². The molecule has 1 heterocycles. The number of benzene rings is 1. The van der Waals surface area contributed by atoms with E-state index in [1.54, 1.807) is 0 Å². The summed E-state index contributed by atoms with van der Waals surface area (Å²) in [5, 5.41) is 8.71. The zero-order valence-electron chi connectivity index (χ0n) is 7.28. The highest BCUT2D eigenvalue weighted by Gasteiger charge is 2.14. The van der Waals surface area contributed by atoms with Crippen molar-refractivity contribution in [2.75, 3.05) is 6.79 Å². The summed E-state index contributed by atoms with van der Waals surface area (Å²) in [5.74, 6) is 1.49. The quantitative estimate of drug-likeness (QED) is 0.678. The van der Waals surface area contributed by atoms with Crippen LogP contribution in [0.15, 0.2) is 18.2 Å². The normalized spacial score (nSPS) is 15.8. The molecule has 0 aliphatic carbocycles. The molecule has 70 valence electrons. The Labute approximate surface area is 76.0 Å². The van der Waals surface area contributed by atoms with E-state index in [9.17, 15) is 0 Å². The molecule has 1 aromatic carbocycles. The van der Waals surface area contributed by atoms with E-state index in [1.165, 1.54) is 0 Å². The monoisotopic (exact) mass is 181 g/mol. The molecule has 4 nitrogen and oxygen atoms in total. The molecule has 0 bridgehead atoms. The summed E-state index contributed by atoms with van der Waals surface area (Å²) < 4.78 is 10.4. The topological polar surface area (TPSA) is 50.7 Å². The molecule has 0 saturated carbocycles. The van der Waals surface area contributed by atoms with Crippen LogP contribution >= 0.6 is 0 Å². The van der Waals surface area contributed by atoms with Crippen LogP contribution in [0, 0.1) is 0 Å². The molecule has 0 spiro atoms. The molecular weight excluding hydrogens is 170 g/mol. The van der Waals surface area contributed by atoms with Crippen LogP contribution in [0.5, 0.6) is 11.5 Å². The van der Waals surface area contributed by atoms with Gasteiger partial charge in [0.25, 0.3) is 0 Å². The Kier molecular flexibility index (Phi) is 2.08. The zero-order valence-corrected chi connectivity index (χ0v) is 7.28. The van der Waals surface area contributed by atoms with Gasteiger partial charge >= 0.3 is 0 Å². The summed E-state index contributed by atoms with van der Waals surface area (Å²) >= 11 is 0. The summed E-state index contributed by atoms with van der Waals surface area (Å²) in [7, 11) is 0. The fourth-order valence-corrected chi connectivity index (χ4v) is 1.26. The zero-order chi connectivity index (χ0) is 9.26. The maximum absolute atomic E-state index is 8.71. The van der Waals surface area contributed by atoms with Crippen molar-refractivity contribution in [1.82, 2.24) is 5.48 Å². The molecular formula is C9H11NO3. The molecule has 0 unspecified atom stereocenters. The van der Waals surface area contributed by atoms with Crippen LogP contribution in [0.4, 0.5) is 0 Å². The number of fused-ring (bicyclic) bond motifs is 1. The number of ether oxygens (including phenoxy) is 2. The first-order chi connectivity index (χ1) is 6.31. The first kappa shape index (κ1) is 8.34. The van der Waals surface area contributed by atoms with E-state index >= 15 is 0 Å². The van der Waals surface area contributed by atoms with Gasteiger partial charge in [-0.15, -0.1) is 0 Å². The van der Waals surface area contributed by atoms with Crippen molar-refractivity contribution < 1.29 is 14.7 Å². The lowest BCUT2D eigenvalue weighted by atomic mass is 10.1. The van der Waals surface area contributed by atoms with Crippen LogP contribution < -0.4 is 15.0 Å². The van der Waals surface area contributed by atoms with Crippen molar-refractivity contribution >= 4 is 0 Å². The molecule has 0 amide bonds. The second-order valence-electron chi connectivity index (χ2n) is 2.96. The standard InChI is InChI=1S/C9H11NO3/c1-6(10-11)7-2-3-8-9(4-7)13-5-12-8/h2-4,6,10-11H,5H2,1H3/t6-/m1/s1. The molecule has 4 heteroatoms. The Morgan fingerprint density at radius 2 is 2.15 bits per heavy atom. The SMILES string of the molecule is C[C@@H](NO)c1ccc2c(c1)OCO2. The van der Waals surface area contributed by atoms with Crippen LogP contribution in [0.2, 0.25) is 0 Å². The molecule has 1 aliphatic heterocycles. The molecule has 0 radical (unpaired) electrons. The van der Waals surface area contributed by atoms with Gasteiger partial charge in [0.1, 0.15) is 0 Å². The van der Waals surface area contributed by atoms with Gasteiger partial charge in [-0.25, -0.2) is 0 Å². The van der Waals surface area contributed by atoms with E-state index in [0.717, 1.165) is 17.1 Å². The molecule has 2 rings (SSSR count). The van der Waals surface area contributed by atoms with Crippen molar-refractivity contribution in [1.29, 1.82) is 0 Å². The largest absolute Gasteiger partial charge is 0.454 e. The lowest BCUT2D eigenvalue weighted by Gasteiger charge is -2.09. The number of hydrogen-bond acceptors (Lipinski definition) is 4. The summed E-state index contributed by atoms with van der Waals surface area (Å²) in [6.07, 6.45) is 0. The highest BCUT2D eigenvalue weighted by molar-refractivity contribution is 5.45. The van der Waals surface area contributed by atoms with Gasteiger partial charge < -0.3 is 14.7 Å². The van der Waals surface area contributed by atoms with Crippen LogP contribution in [0.3, 0.4) is 0 Å². The Morgan fingerprint density at radius 3 is 2.92 bits per heavy atom. The molecule has 1 aromatic rings. The summed E-state index contributed by atoms with van der Waals surface area (Å²) in [5.41, 5.74) is 3.14. The minimum absolute atomic E-state index is 0.102. The van der Waals surface area contributed by atoms with E-state index in [-0.39, 0.29) is 12.8 Å². The van der Waals surface area contributed by atoms with Crippen molar-refractivity contribution in [3.63, 3.8) is 0 Å². The number of hydroxylamine groups is 1. The minimum Gasteiger partial charge on any atom is -0.454 e. The second-order valence-corrected chi connectivity index (χ2v) is 2.96. The molecule has 1 aliphatic rings. The Balaban J connectivity index is 2.30. The maximum Gasteiger partial charge on any atom is 0.231 e. The summed E-state index contributed by atoms with van der Waals surface area (Å²) in [6.45, 7) is 2.14. The first-order valence-corrected chi connectivity index (χ1v) is 4.10. The fourth-order valence-electron chi connectivity index (χ4n) is 1.26. The van der Waals surface area contributed by atoms with E-state index in [2.05, 4.69) is 5.48 Å². The van der Waals surface area contributed by atoms with Crippen LogP contribution in [0.1, 0.15) is 18.5 Å². The van der Waals surface area contributed by atoms with Gasteiger partial charge in [-0.3, -0.25) is 0 Å². The molecule has 0 aromatic heterocycles. The predicted octanol–water partition coefficient (Wildman–Crippen LogP) is 1.46. The molecule has 0 saturated heterocycles. The Morgan fingerprint density at radius 1 is 1.38 bits per heavy atom. The fraction of sp³-hybridized carbons (Fsp3) is 0.333. The third-order valence-electron chi connectivity index (χ3n) is 2.09. The van der Waals surface area contributed by atoms with E-state index in [0.29, 0.717) is 0 Å². The van der Waals surface area contributed by atoms with Gasteiger partial charge in [0.2, 0.25) is 6.79 Å². The highest BCUT2D eigenvalue weighted by Crippen LogP contribution is 2.33. The van der Waals surface area contributed by atoms with Crippen molar-refractivity contribution in [2.24, 2.45) is 0 Å². The van der Waals surface area contributed by atoms with E-state index < -0.39 is 0 Å². The van der Waals surface area contributed by atoms with Crippen molar-refractivity contribution in [3.8, 4) is 11.5 Å². The molecule has 2 N–H and O–H groups in total. The molecule has 1 atom stereocenters. The average Bonchev–Trinajstić information content (AvgIpc) is 2.63.